The van der Waals surface area contributed by atoms with Gasteiger partial charge in [-0.1, -0.05) is 63.1 Å². The quantitative estimate of drug-likeness (QED) is 0.369. The van der Waals surface area contributed by atoms with Gasteiger partial charge in [0.2, 0.25) is 0 Å². The van der Waals surface area contributed by atoms with Gasteiger partial charge in [-0.05, 0) is 12.8 Å². The van der Waals surface area contributed by atoms with Crippen molar-refractivity contribution in [2.24, 2.45) is 0 Å². The molecule has 168 valence electrons. The number of rotatable bonds is 12. The van der Waals surface area contributed by atoms with Gasteiger partial charge in [-0.3, -0.25) is 0 Å². The first kappa shape index (κ1) is 23.4. The van der Waals surface area contributed by atoms with Gasteiger partial charge in [-0.15, -0.1) is 6.58 Å². The lowest BCUT2D eigenvalue weighted by Crippen LogP contribution is -2.63. The van der Waals surface area contributed by atoms with Crippen LogP contribution in [-0.4, -0.2) is 57.1 Å². The topological polar surface area (TPSA) is 55.4 Å². The van der Waals surface area contributed by atoms with E-state index < -0.39 is 12.6 Å². The maximum Gasteiger partial charge on any atom is 0.187 e. The maximum atomic E-state index is 6.38. The Kier molecular flexibility index (Phi) is 9.78. The molecule has 6 heteroatoms. The molecule has 1 aromatic rings. The summed E-state index contributed by atoms with van der Waals surface area (Å²) < 4.78 is 37.1. The van der Waals surface area contributed by atoms with Gasteiger partial charge in [0, 0.05) is 18.8 Å². The van der Waals surface area contributed by atoms with Crippen LogP contribution >= 0.6 is 0 Å². The Morgan fingerprint density at radius 3 is 2.33 bits per heavy atom. The van der Waals surface area contributed by atoms with E-state index in [2.05, 4.69) is 20.4 Å². The zero-order valence-electron chi connectivity index (χ0n) is 18.2. The molecule has 2 fully saturated rings. The normalized spacial score (nSPS) is 31.3. The first-order valence-electron chi connectivity index (χ1n) is 11.2. The van der Waals surface area contributed by atoms with Crippen molar-refractivity contribution >= 4 is 0 Å². The molecule has 1 unspecified atom stereocenters. The molecular weight excluding hydrogens is 384 g/mol. The zero-order chi connectivity index (χ0) is 21.2. The van der Waals surface area contributed by atoms with Crippen LogP contribution in [0.5, 0.6) is 0 Å². The lowest BCUT2D eigenvalue weighted by molar-refractivity contribution is -0.369. The molecule has 0 aromatic heterocycles. The van der Waals surface area contributed by atoms with Crippen LogP contribution in [0.4, 0.5) is 0 Å². The van der Waals surface area contributed by atoms with E-state index in [1.165, 1.54) is 0 Å². The van der Waals surface area contributed by atoms with Crippen molar-refractivity contribution in [1.29, 1.82) is 0 Å². The second-order valence-corrected chi connectivity index (χ2v) is 7.72. The lowest BCUT2D eigenvalue weighted by atomic mass is 9.97. The van der Waals surface area contributed by atoms with Gasteiger partial charge in [0.05, 0.1) is 13.2 Å². The molecule has 0 N–H and O–H groups in total. The van der Waals surface area contributed by atoms with E-state index in [-0.39, 0.29) is 24.4 Å². The fourth-order valence-electron chi connectivity index (χ4n) is 3.72. The lowest BCUT2D eigenvalue weighted by Gasteiger charge is -2.49. The number of benzene rings is 1. The molecule has 0 spiro atoms. The molecule has 30 heavy (non-hydrogen) atoms. The zero-order valence-corrected chi connectivity index (χ0v) is 18.2. The second kappa shape index (κ2) is 12.5. The summed E-state index contributed by atoms with van der Waals surface area (Å²) >= 11 is 0. The van der Waals surface area contributed by atoms with E-state index in [0.717, 1.165) is 31.2 Å². The Labute approximate surface area is 180 Å². The van der Waals surface area contributed by atoms with Crippen molar-refractivity contribution in [3.05, 3.63) is 48.6 Å². The van der Waals surface area contributed by atoms with Gasteiger partial charge in [0.15, 0.2) is 12.6 Å². The predicted octanol–water partition coefficient (Wildman–Crippen LogP) is 4.40. The molecule has 0 saturated carbocycles. The summed E-state index contributed by atoms with van der Waals surface area (Å²) in [7, 11) is 0. The number of ether oxygens (including phenoxy) is 6. The van der Waals surface area contributed by atoms with Gasteiger partial charge < -0.3 is 28.4 Å². The number of hydrogen-bond acceptors (Lipinski definition) is 6. The van der Waals surface area contributed by atoms with Crippen LogP contribution in [0, 0.1) is 0 Å². The highest BCUT2D eigenvalue weighted by Crippen LogP contribution is 2.36. The van der Waals surface area contributed by atoms with E-state index in [9.17, 15) is 0 Å². The third-order valence-electron chi connectivity index (χ3n) is 5.35. The summed E-state index contributed by atoms with van der Waals surface area (Å²) in [5.74, 6) is 0. The van der Waals surface area contributed by atoms with E-state index >= 15 is 0 Å². The number of fused-ring (bicyclic) bond motifs is 1. The minimum atomic E-state index is -0.548. The van der Waals surface area contributed by atoms with Gasteiger partial charge >= 0.3 is 0 Å². The molecule has 2 aliphatic heterocycles. The number of unbranched alkanes of at least 4 members (excludes halogenated alkanes) is 2. The smallest absolute Gasteiger partial charge is 0.187 e. The Balaban J connectivity index is 1.78. The van der Waals surface area contributed by atoms with Crippen LogP contribution in [0.1, 0.15) is 51.4 Å². The standard InChI is InChI=1S/C24H36O6/c1-4-7-15-25-21-20-19(17-28-23(30-20)18-12-10-9-11-13-18)29-24(27-14-6-3)22(21)26-16-8-5-2/h6,9-13,19-24H,3-5,7-8,14-17H2,1-2H3/t19-,20-,21+,22-,23?,24+/m1/s1. The fourth-order valence-corrected chi connectivity index (χ4v) is 3.72. The van der Waals surface area contributed by atoms with Crippen LogP contribution in [0.3, 0.4) is 0 Å². The van der Waals surface area contributed by atoms with Crippen molar-refractivity contribution in [3.8, 4) is 0 Å². The molecule has 0 amide bonds. The summed E-state index contributed by atoms with van der Waals surface area (Å²) in [5.41, 5.74) is 0.983. The Morgan fingerprint density at radius 1 is 0.967 bits per heavy atom. The first-order valence-corrected chi connectivity index (χ1v) is 11.2. The Bertz CT molecular complexity index is 609. The van der Waals surface area contributed by atoms with Gasteiger partial charge in [-0.2, -0.15) is 0 Å². The van der Waals surface area contributed by atoms with Crippen molar-refractivity contribution in [2.45, 2.75) is 76.5 Å². The van der Waals surface area contributed by atoms with Crippen molar-refractivity contribution in [3.63, 3.8) is 0 Å². The third-order valence-corrected chi connectivity index (χ3v) is 5.35. The van der Waals surface area contributed by atoms with Crippen LogP contribution < -0.4 is 0 Å². The molecule has 6 nitrogen and oxygen atoms in total. The molecule has 6 atom stereocenters. The highest BCUT2D eigenvalue weighted by molar-refractivity contribution is 5.16. The molecule has 2 aliphatic rings. The number of hydrogen-bond donors (Lipinski definition) is 0. The maximum absolute atomic E-state index is 6.38. The summed E-state index contributed by atoms with van der Waals surface area (Å²) in [6, 6.07) is 9.96. The molecule has 0 bridgehead atoms. The van der Waals surface area contributed by atoms with E-state index in [0.29, 0.717) is 26.4 Å². The largest absolute Gasteiger partial charge is 0.372 e. The monoisotopic (exact) mass is 420 g/mol. The van der Waals surface area contributed by atoms with Crippen molar-refractivity contribution in [1.82, 2.24) is 0 Å². The predicted molar refractivity (Wildman–Crippen MR) is 114 cm³/mol. The minimum Gasteiger partial charge on any atom is -0.372 e. The average Bonchev–Trinajstić information content (AvgIpc) is 2.79. The summed E-state index contributed by atoms with van der Waals surface area (Å²) in [4.78, 5) is 0. The van der Waals surface area contributed by atoms with Gasteiger partial charge in [-0.25, -0.2) is 0 Å². The van der Waals surface area contributed by atoms with Crippen LogP contribution in [0.25, 0.3) is 0 Å². The molecule has 2 saturated heterocycles. The van der Waals surface area contributed by atoms with Crippen LogP contribution in [0.2, 0.25) is 0 Å². The Hall–Kier alpha value is -1.28. The highest BCUT2D eigenvalue weighted by Gasteiger charge is 2.51. The third kappa shape index (κ3) is 6.13. The molecule has 1 aromatic carbocycles. The Morgan fingerprint density at radius 2 is 1.67 bits per heavy atom. The average molecular weight is 421 g/mol. The van der Waals surface area contributed by atoms with E-state index in [1.807, 2.05) is 30.3 Å². The van der Waals surface area contributed by atoms with Crippen molar-refractivity contribution in [2.75, 3.05) is 26.4 Å². The summed E-state index contributed by atoms with van der Waals surface area (Å²) in [6.45, 7) is 10.1. The fraction of sp³-hybridized carbons (Fsp3) is 0.667. The molecule has 2 heterocycles. The molecule has 0 aliphatic carbocycles. The minimum absolute atomic E-state index is 0.280. The first-order chi connectivity index (χ1) is 14.8. The van der Waals surface area contributed by atoms with E-state index in [4.69, 9.17) is 28.4 Å². The second-order valence-electron chi connectivity index (χ2n) is 7.72. The summed E-state index contributed by atoms with van der Waals surface area (Å²) in [6.07, 6.45) is 3.54. The van der Waals surface area contributed by atoms with Gasteiger partial charge in [0.25, 0.3) is 0 Å². The van der Waals surface area contributed by atoms with Crippen molar-refractivity contribution < 1.29 is 28.4 Å². The molecule has 3 rings (SSSR count). The van der Waals surface area contributed by atoms with Crippen LogP contribution in [0.15, 0.2) is 43.0 Å². The summed E-state index contributed by atoms with van der Waals surface area (Å²) in [5, 5.41) is 0. The highest BCUT2D eigenvalue weighted by atomic mass is 16.8. The molecular formula is C24H36O6. The SMILES string of the molecule is C=CCO[C@H]1O[C@@H]2COC(c3ccccc3)O[C@H]2[C@H](OCCCC)[C@H]1OCCCC. The van der Waals surface area contributed by atoms with Gasteiger partial charge in [0.1, 0.15) is 24.4 Å². The van der Waals surface area contributed by atoms with E-state index in [1.54, 1.807) is 6.08 Å². The molecule has 0 radical (unpaired) electrons. The van der Waals surface area contributed by atoms with Crippen LogP contribution in [-0.2, 0) is 28.4 Å².